The molecule has 0 saturated heterocycles. The number of nitrogens with zero attached hydrogens (tertiary/aromatic N) is 3. The molecule has 2 N–H and O–H groups in total. The van der Waals surface area contributed by atoms with E-state index in [1.807, 2.05) is 26.0 Å². The summed E-state index contributed by atoms with van der Waals surface area (Å²) in [5, 5.41) is 13.4. The number of anilines is 1. The number of hydrogen-bond acceptors (Lipinski definition) is 5. The van der Waals surface area contributed by atoms with Gasteiger partial charge in [-0.15, -0.1) is 0 Å². The first-order valence-electron chi connectivity index (χ1n) is 11.5. The first-order chi connectivity index (χ1) is 15.5. The van der Waals surface area contributed by atoms with Crippen LogP contribution in [-0.4, -0.2) is 18.2 Å². The van der Waals surface area contributed by atoms with Crippen molar-refractivity contribution in [3.05, 3.63) is 70.6 Å². The second kappa shape index (κ2) is 9.18. The Labute approximate surface area is 190 Å². The van der Waals surface area contributed by atoms with Crippen molar-refractivity contribution in [2.24, 2.45) is 5.73 Å². The van der Waals surface area contributed by atoms with Gasteiger partial charge in [0, 0.05) is 17.8 Å². The highest BCUT2D eigenvalue weighted by Crippen LogP contribution is 2.53. The number of aromatic nitrogens is 1. The predicted octanol–water partition coefficient (Wildman–Crippen LogP) is 5.76. The lowest BCUT2D eigenvalue weighted by Crippen LogP contribution is -2.37. The topological polar surface area (TPSA) is 79.1 Å². The van der Waals surface area contributed by atoms with E-state index in [-0.39, 0.29) is 5.54 Å². The minimum absolute atomic E-state index is 0.0151. The van der Waals surface area contributed by atoms with Crippen LogP contribution in [0.2, 0.25) is 0 Å². The molecule has 2 aromatic carbocycles. The molecule has 5 nitrogen and oxygen atoms in total. The molecule has 1 heterocycles. The Kier molecular flexibility index (Phi) is 6.34. The van der Waals surface area contributed by atoms with E-state index in [4.69, 9.17) is 10.3 Å². The number of nitriles is 1. The summed E-state index contributed by atoms with van der Waals surface area (Å²) in [4.78, 5) is 2.60. The molecule has 0 unspecified atom stereocenters. The first kappa shape index (κ1) is 22.1. The van der Waals surface area contributed by atoms with Crippen LogP contribution < -0.4 is 10.6 Å². The van der Waals surface area contributed by atoms with E-state index in [0.29, 0.717) is 5.56 Å². The van der Waals surface area contributed by atoms with Crippen LogP contribution in [0.5, 0.6) is 0 Å². The van der Waals surface area contributed by atoms with Gasteiger partial charge in [-0.3, -0.25) is 0 Å². The molecule has 0 amide bonds. The average molecular weight is 429 g/mol. The Morgan fingerprint density at radius 1 is 1.06 bits per heavy atom. The SMILES string of the molecule is Cc1ccc(-c2c(C)noc2C)cc1N(CCCCCN)C1(c2ccc(C#N)cc2)CC1. The molecule has 166 valence electrons. The molecule has 0 bridgehead atoms. The maximum Gasteiger partial charge on any atom is 0.141 e. The van der Waals surface area contributed by atoms with Gasteiger partial charge < -0.3 is 15.2 Å². The summed E-state index contributed by atoms with van der Waals surface area (Å²) < 4.78 is 5.44. The number of aryl methyl sites for hydroxylation is 3. The predicted molar refractivity (Wildman–Crippen MR) is 128 cm³/mol. The third kappa shape index (κ3) is 4.16. The van der Waals surface area contributed by atoms with Crippen molar-refractivity contribution in [3.63, 3.8) is 0 Å². The highest BCUT2D eigenvalue weighted by Gasteiger charge is 2.49. The Morgan fingerprint density at radius 3 is 2.41 bits per heavy atom. The first-order valence-corrected chi connectivity index (χ1v) is 11.5. The molecule has 1 fully saturated rings. The van der Waals surface area contributed by atoms with Crippen molar-refractivity contribution < 1.29 is 4.52 Å². The molecule has 1 aliphatic rings. The summed E-state index contributed by atoms with van der Waals surface area (Å²) in [6.07, 6.45) is 5.51. The molecule has 4 rings (SSSR count). The van der Waals surface area contributed by atoms with Gasteiger partial charge in [-0.25, -0.2) is 0 Å². The van der Waals surface area contributed by atoms with Gasteiger partial charge in [0.25, 0.3) is 0 Å². The van der Waals surface area contributed by atoms with E-state index in [1.165, 1.54) is 16.8 Å². The average Bonchev–Trinajstić information content (AvgIpc) is 3.54. The normalized spacial score (nSPS) is 14.2. The summed E-state index contributed by atoms with van der Waals surface area (Å²) in [6.45, 7) is 7.87. The van der Waals surface area contributed by atoms with Crippen molar-refractivity contribution >= 4 is 5.69 Å². The largest absolute Gasteiger partial charge is 0.362 e. The number of benzene rings is 2. The summed E-state index contributed by atoms with van der Waals surface area (Å²) in [5.74, 6) is 0.847. The molecule has 0 radical (unpaired) electrons. The van der Waals surface area contributed by atoms with Crippen LogP contribution in [0.25, 0.3) is 11.1 Å². The zero-order chi connectivity index (χ0) is 22.7. The summed E-state index contributed by atoms with van der Waals surface area (Å²) in [7, 11) is 0. The maximum atomic E-state index is 9.22. The molecule has 1 aromatic heterocycles. The summed E-state index contributed by atoms with van der Waals surface area (Å²) in [6, 6.07) is 17.1. The van der Waals surface area contributed by atoms with Crippen molar-refractivity contribution in [2.45, 2.75) is 58.4 Å². The van der Waals surface area contributed by atoms with Crippen molar-refractivity contribution in [3.8, 4) is 17.2 Å². The van der Waals surface area contributed by atoms with Crippen LogP contribution in [0, 0.1) is 32.1 Å². The molecule has 0 atom stereocenters. The highest BCUT2D eigenvalue weighted by atomic mass is 16.5. The van der Waals surface area contributed by atoms with Gasteiger partial charge in [0.1, 0.15) is 5.76 Å². The van der Waals surface area contributed by atoms with E-state index < -0.39 is 0 Å². The summed E-state index contributed by atoms with van der Waals surface area (Å²) in [5.41, 5.74) is 13.4. The second-order valence-electron chi connectivity index (χ2n) is 8.92. The smallest absolute Gasteiger partial charge is 0.141 e. The number of hydrogen-bond donors (Lipinski definition) is 1. The van der Waals surface area contributed by atoms with Gasteiger partial charge in [0.05, 0.1) is 22.9 Å². The summed E-state index contributed by atoms with van der Waals surface area (Å²) >= 11 is 0. The Balaban J connectivity index is 1.75. The van der Waals surface area contributed by atoms with E-state index in [0.717, 1.165) is 67.8 Å². The van der Waals surface area contributed by atoms with Gasteiger partial charge in [0.2, 0.25) is 0 Å². The van der Waals surface area contributed by atoms with Crippen molar-refractivity contribution in [1.82, 2.24) is 5.16 Å². The number of rotatable bonds is 9. The van der Waals surface area contributed by atoms with E-state index in [9.17, 15) is 5.26 Å². The maximum absolute atomic E-state index is 9.22. The van der Waals surface area contributed by atoms with Crippen LogP contribution in [0.4, 0.5) is 5.69 Å². The lowest BCUT2D eigenvalue weighted by molar-refractivity contribution is 0.393. The fourth-order valence-corrected chi connectivity index (χ4v) is 4.79. The van der Waals surface area contributed by atoms with Crippen molar-refractivity contribution in [1.29, 1.82) is 5.26 Å². The molecule has 1 aliphatic carbocycles. The molecule has 32 heavy (non-hydrogen) atoms. The van der Waals surface area contributed by atoms with Crippen LogP contribution in [0.3, 0.4) is 0 Å². The fourth-order valence-electron chi connectivity index (χ4n) is 4.79. The van der Waals surface area contributed by atoms with Crippen LogP contribution in [-0.2, 0) is 5.54 Å². The minimum atomic E-state index is -0.0151. The standard InChI is InChI=1S/C27H32N4O/c1-19-7-10-23(26-20(2)30-32-21(26)3)17-25(19)31(16-6-4-5-15-28)27(13-14-27)24-11-8-22(18-29)9-12-24/h7-12,17H,4-6,13-16,28H2,1-3H3. The lowest BCUT2D eigenvalue weighted by atomic mass is 9.96. The zero-order valence-electron chi connectivity index (χ0n) is 19.3. The van der Waals surface area contributed by atoms with Gasteiger partial charge in [0.15, 0.2) is 0 Å². The monoisotopic (exact) mass is 428 g/mol. The molecular weight excluding hydrogens is 396 g/mol. The van der Waals surface area contributed by atoms with Gasteiger partial charge in [-0.05, 0) is 87.9 Å². The number of unbranched alkanes of at least 4 members (excludes halogenated alkanes) is 2. The third-order valence-corrected chi connectivity index (χ3v) is 6.70. The Morgan fingerprint density at radius 2 is 1.81 bits per heavy atom. The quantitative estimate of drug-likeness (QED) is 0.438. The molecule has 3 aromatic rings. The van der Waals surface area contributed by atoms with E-state index in [2.05, 4.69) is 53.4 Å². The van der Waals surface area contributed by atoms with E-state index in [1.54, 1.807) is 0 Å². The zero-order valence-corrected chi connectivity index (χ0v) is 19.3. The van der Waals surface area contributed by atoms with E-state index >= 15 is 0 Å². The third-order valence-electron chi connectivity index (χ3n) is 6.70. The van der Waals surface area contributed by atoms with Gasteiger partial charge in [-0.2, -0.15) is 5.26 Å². The van der Waals surface area contributed by atoms with Crippen molar-refractivity contribution in [2.75, 3.05) is 18.0 Å². The second-order valence-corrected chi connectivity index (χ2v) is 8.92. The molecular formula is C27H32N4O. The minimum Gasteiger partial charge on any atom is -0.362 e. The van der Waals surface area contributed by atoms with Crippen LogP contribution in [0.1, 0.15) is 60.2 Å². The highest BCUT2D eigenvalue weighted by molar-refractivity contribution is 5.74. The molecule has 1 saturated carbocycles. The van der Waals surface area contributed by atoms with Gasteiger partial charge in [-0.1, -0.05) is 35.8 Å². The number of nitrogens with two attached hydrogens (primary N) is 1. The van der Waals surface area contributed by atoms with Crippen LogP contribution >= 0.6 is 0 Å². The molecule has 0 aliphatic heterocycles. The Hall–Kier alpha value is -3.10. The molecule has 5 heteroatoms. The Bertz CT molecular complexity index is 1100. The van der Waals surface area contributed by atoms with Gasteiger partial charge >= 0.3 is 0 Å². The molecule has 0 spiro atoms. The fraction of sp³-hybridized carbons (Fsp3) is 0.407. The lowest BCUT2D eigenvalue weighted by Gasteiger charge is -2.36. The van der Waals surface area contributed by atoms with Crippen LogP contribution in [0.15, 0.2) is 47.0 Å².